The third-order valence-electron chi connectivity index (χ3n) is 2.51. The second kappa shape index (κ2) is 4.07. The van der Waals surface area contributed by atoms with Gasteiger partial charge in [-0.1, -0.05) is 12.1 Å². The first kappa shape index (κ1) is 9.62. The Morgan fingerprint density at radius 3 is 2.71 bits per heavy atom. The van der Waals surface area contributed by atoms with Gasteiger partial charge in [0.25, 0.3) is 0 Å². The first-order chi connectivity index (χ1) is 6.75. The van der Waals surface area contributed by atoms with E-state index in [9.17, 15) is 4.39 Å². The molecule has 2 nitrogen and oxygen atoms in total. The van der Waals surface area contributed by atoms with Crippen LogP contribution in [-0.4, -0.2) is 31.6 Å². The molecule has 0 N–H and O–H groups in total. The SMILES string of the molecule is CN1CCO[C@@H](c2ccc(F)cc2)C1. The lowest BCUT2D eigenvalue weighted by Gasteiger charge is -2.30. The van der Waals surface area contributed by atoms with Crippen molar-refractivity contribution in [3.63, 3.8) is 0 Å². The Morgan fingerprint density at radius 2 is 2.07 bits per heavy atom. The van der Waals surface area contributed by atoms with Gasteiger partial charge in [-0.25, -0.2) is 4.39 Å². The molecule has 76 valence electrons. The summed E-state index contributed by atoms with van der Waals surface area (Å²) < 4.78 is 18.3. The van der Waals surface area contributed by atoms with Crippen LogP contribution in [0.5, 0.6) is 0 Å². The van der Waals surface area contributed by atoms with E-state index >= 15 is 0 Å². The molecule has 1 heterocycles. The summed E-state index contributed by atoms with van der Waals surface area (Å²) in [5.41, 5.74) is 1.05. The van der Waals surface area contributed by atoms with E-state index in [4.69, 9.17) is 4.74 Å². The van der Waals surface area contributed by atoms with Crippen molar-refractivity contribution in [2.75, 3.05) is 26.7 Å². The van der Waals surface area contributed by atoms with E-state index < -0.39 is 0 Å². The molecule has 0 unspecified atom stereocenters. The predicted octanol–water partition coefficient (Wildman–Crippen LogP) is 1.83. The summed E-state index contributed by atoms with van der Waals surface area (Å²) in [7, 11) is 2.07. The maximum absolute atomic E-state index is 12.7. The van der Waals surface area contributed by atoms with Gasteiger partial charge < -0.3 is 9.64 Å². The van der Waals surface area contributed by atoms with Gasteiger partial charge in [0.15, 0.2) is 0 Å². The molecule has 0 amide bonds. The minimum Gasteiger partial charge on any atom is -0.371 e. The van der Waals surface area contributed by atoms with Crippen LogP contribution < -0.4 is 0 Å². The van der Waals surface area contributed by atoms with Crippen LogP contribution >= 0.6 is 0 Å². The minimum absolute atomic E-state index is 0.0920. The number of hydrogen-bond donors (Lipinski definition) is 0. The summed E-state index contributed by atoms with van der Waals surface area (Å²) in [5.74, 6) is -0.196. The molecule has 1 fully saturated rings. The lowest BCUT2D eigenvalue weighted by molar-refractivity contribution is -0.0209. The Kier molecular flexibility index (Phi) is 2.79. The van der Waals surface area contributed by atoms with Crippen molar-refractivity contribution in [2.24, 2.45) is 0 Å². The molecule has 1 aliphatic rings. The van der Waals surface area contributed by atoms with E-state index in [2.05, 4.69) is 11.9 Å². The summed E-state index contributed by atoms with van der Waals surface area (Å²) in [6.07, 6.45) is 0.0920. The van der Waals surface area contributed by atoms with E-state index in [0.717, 1.165) is 25.3 Å². The van der Waals surface area contributed by atoms with Crippen molar-refractivity contribution in [2.45, 2.75) is 6.10 Å². The molecule has 14 heavy (non-hydrogen) atoms. The second-order valence-corrected chi connectivity index (χ2v) is 3.67. The first-order valence-electron chi connectivity index (χ1n) is 4.81. The lowest BCUT2D eigenvalue weighted by atomic mass is 10.1. The van der Waals surface area contributed by atoms with E-state index in [1.165, 1.54) is 12.1 Å². The van der Waals surface area contributed by atoms with Gasteiger partial charge in [0.1, 0.15) is 5.82 Å². The zero-order valence-electron chi connectivity index (χ0n) is 8.24. The minimum atomic E-state index is -0.196. The molecule has 1 aromatic carbocycles. The van der Waals surface area contributed by atoms with Crippen molar-refractivity contribution in [3.05, 3.63) is 35.6 Å². The predicted molar refractivity (Wildman–Crippen MR) is 52.6 cm³/mol. The Morgan fingerprint density at radius 1 is 1.36 bits per heavy atom. The number of nitrogens with zero attached hydrogens (tertiary/aromatic N) is 1. The number of likely N-dealkylation sites (N-methyl/N-ethyl adjacent to an activating group) is 1. The molecule has 1 aliphatic heterocycles. The first-order valence-corrected chi connectivity index (χ1v) is 4.81. The summed E-state index contributed by atoms with van der Waals surface area (Å²) in [5, 5.41) is 0. The van der Waals surface area contributed by atoms with Gasteiger partial charge in [0, 0.05) is 13.1 Å². The van der Waals surface area contributed by atoms with Crippen molar-refractivity contribution >= 4 is 0 Å². The molecule has 0 aliphatic carbocycles. The molecule has 3 heteroatoms. The monoisotopic (exact) mass is 195 g/mol. The molecule has 0 spiro atoms. The zero-order chi connectivity index (χ0) is 9.97. The Labute approximate surface area is 83.3 Å². The van der Waals surface area contributed by atoms with Crippen molar-refractivity contribution < 1.29 is 9.13 Å². The highest BCUT2D eigenvalue weighted by Gasteiger charge is 2.18. The fourth-order valence-electron chi connectivity index (χ4n) is 1.66. The Balaban J connectivity index is 2.10. The third-order valence-corrected chi connectivity index (χ3v) is 2.51. The quantitative estimate of drug-likeness (QED) is 0.677. The number of ether oxygens (including phenoxy) is 1. The van der Waals surface area contributed by atoms with Crippen LogP contribution in [-0.2, 0) is 4.74 Å². The highest BCUT2D eigenvalue weighted by molar-refractivity contribution is 5.19. The zero-order valence-corrected chi connectivity index (χ0v) is 8.24. The van der Waals surface area contributed by atoms with Gasteiger partial charge in [-0.15, -0.1) is 0 Å². The molecule has 1 aromatic rings. The van der Waals surface area contributed by atoms with Crippen LogP contribution in [0.3, 0.4) is 0 Å². The standard InChI is InChI=1S/C11H14FNO/c1-13-6-7-14-11(8-13)9-2-4-10(12)5-3-9/h2-5,11H,6-8H2,1H3/t11-/m1/s1. The van der Waals surface area contributed by atoms with Gasteiger partial charge in [0.05, 0.1) is 12.7 Å². The average Bonchev–Trinajstić information content (AvgIpc) is 2.19. The van der Waals surface area contributed by atoms with E-state index in [1.54, 1.807) is 12.1 Å². The number of halogens is 1. The van der Waals surface area contributed by atoms with E-state index in [0.29, 0.717) is 0 Å². The van der Waals surface area contributed by atoms with Gasteiger partial charge in [-0.2, -0.15) is 0 Å². The lowest BCUT2D eigenvalue weighted by Crippen LogP contribution is -2.35. The number of benzene rings is 1. The van der Waals surface area contributed by atoms with Crippen LogP contribution in [0.1, 0.15) is 11.7 Å². The highest BCUT2D eigenvalue weighted by Crippen LogP contribution is 2.21. The molecule has 1 saturated heterocycles. The van der Waals surface area contributed by atoms with Gasteiger partial charge in [0.2, 0.25) is 0 Å². The summed E-state index contributed by atoms with van der Waals surface area (Å²) in [4.78, 5) is 2.22. The molecular weight excluding hydrogens is 181 g/mol. The largest absolute Gasteiger partial charge is 0.371 e. The molecule has 1 atom stereocenters. The van der Waals surface area contributed by atoms with Crippen LogP contribution in [0.4, 0.5) is 4.39 Å². The topological polar surface area (TPSA) is 12.5 Å². The Hall–Kier alpha value is -0.930. The van der Waals surface area contributed by atoms with Crippen LogP contribution in [0.25, 0.3) is 0 Å². The maximum Gasteiger partial charge on any atom is 0.123 e. The van der Waals surface area contributed by atoms with Crippen molar-refractivity contribution in [1.82, 2.24) is 4.90 Å². The van der Waals surface area contributed by atoms with E-state index in [-0.39, 0.29) is 11.9 Å². The maximum atomic E-state index is 12.7. The van der Waals surface area contributed by atoms with Gasteiger partial charge >= 0.3 is 0 Å². The second-order valence-electron chi connectivity index (χ2n) is 3.67. The van der Waals surface area contributed by atoms with Gasteiger partial charge in [-0.3, -0.25) is 0 Å². The smallest absolute Gasteiger partial charge is 0.123 e. The summed E-state index contributed by atoms with van der Waals surface area (Å²) in [6, 6.07) is 6.54. The van der Waals surface area contributed by atoms with Crippen LogP contribution in [0.15, 0.2) is 24.3 Å². The highest BCUT2D eigenvalue weighted by atomic mass is 19.1. The molecule has 0 saturated carbocycles. The van der Waals surface area contributed by atoms with Gasteiger partial charge in [-0.05, 0) is 24.7 Å². The van der Waals surface area contributed by atoms with Crippen molar-refractivity contribution in [1.29, 1.82) is 0 Å². The molecule has 0 radical (unpaired) electrons. The van der Waals surface area contributed by atoms with E-state index in [1.807, 2.05) is 0 Å². The molecule has 0 aromatic heterocycles. The van der Waals surface area contributed by atoms with Crippen LogP contribution in [0, 0.1) is 5.82 Å². The number of hydrogen-bond acceptors (Lipinski definition) is 2. The Bertz CT molecular complexity index is 299. The number of rotatable bonds is 1. The normalized spacial score (nSPS) is 23.7. The summed E-state index contributed by atoms with van der Waals surface area (Å²) >= 11 is 0. The fraction of sp³-hybridized carbons (Fsp3) is 0.455. The molecular formula is C11H14FNO. The van der Waals surface area contributed by atoms with Crippen LogP contribution in [0.2, 0.25) is 0 Å². The van der Waals surface area contributed by atoms with Crippen molar-refractivity contribution in [3.8, 4) is 0 Å². The molecule has 0 bridgehead atoms. The fourth-order valence-corrected chi connectivity index (χ4v) is 1.66. The third kappa shape index (κ3) is 2.11. The average molecular weight is 195 g/mol. The molecule has 2 rings (SSSR count). The summed E-state index contributed by atoms with van der Waals surface area (Å²) in [6.45, 7) is 2.60. The number of morpholine rings is 1.